The van der Waals surface area contributed by atoms with Gasteiger partial charge in [0.15, 0.2) is 11.9 Å². The number of rotatable bonds is 2. The van der Waals surface area contributed by atoms with E-state index < -0.39 is 6.04 Å². The summed E-state index contributed by atoms with van der Waals surface area (Å²) < 4.78 is 10.2. The minimum Gasteiger partial charge on any atom is -0.475 e. The van der Waals surface area contributed by atoms with Gasteiger partial charge < -0.3 is 9.47 Å². The Hall–Kier alpha value is -1.06. The highest BCUT2D eigenvalue weighted by molar-refractivity contribution is 5.91. The Balaban J connectivity index is 2.13. The smallest absolute Gasteiger partial charge is 0.334 e. The van der Waals surface area contributed by atoms with Gasteiger partial charge in [-0.3, -0.25) is 0 Å². The van der Waals surface area contributed by atoms with Crippen molar-refractivity contribution in [2.75, 3.05) is 7.11 Å². The third kappa shape index (κ3) is 1.38. The second-order valence-electron chi connectivity index (χ2n) is 4.29. The van der Waals surface area contributed by atoms with Crippen LogP contribution in [-0.4, -0.2) is 31.1 Å². The largest absolute Gasteiger partial charge is 0.475 e. The van der Waals surface area contributed by atoms with E-state index in [4.69, 9.17) is 4.74 Å². The summed E-state index contributed by atoms with van der Waals surface area (Å²) in [6.07, 6.45) is 2.02. The molecule has 2 aliphatic rings. The molecule has 0 bridgehead atoms. The number of aliphatic imine (C=N–C) groups is 1. The number of nitrogens with zero attached hydrogens (tertiary/aromatic N) is 1. The summed E-state index contributed by atoms with van der Waals surface area (Å²) in [7, 11) is 1.38. The highest BCUT2D eigenvalue weighted by Crippen LogP contribution is 2.48. The number of hydrogen-bond acceptors (Lipinski definition) is 4. The molecule has 4 nitrogen and oxygen atoms in total. The van der Waals surface area contributed by atoms with Crippen molar-refractivity contribution in [1.82, 2.24) is 0 Å². The van der Waals surface area contributed by atoms with Gasteiger partial charge in [-0.05, 0) is 19.8 Å². The lowest BCUT2D eigenvalue weighted by Gasteiger charge is -2.11. The van der Waals surface area contributed by atoms with E-state index in [9.17, 15) is 4.79 Å². The molecule has 0 spiro atoms. The molecule has 1 saturated carbocycles. The van der Waals surface area contributed by atoms with E-state index in [1.807, 2.05) is 6.92 Å². The lowest BCUT2D eigenvalue weighted by molar-refractivity contribution is -0.143. The van der Waals surface area contributed by atoms with E-state index >= 15 is 0 Å². The summed E-state index contributed by atoms with van der Waals surface area (Å²) in [5, 5.41) is 0. The lowest BCUT2D eigenvalue weighted by atomic mass is 10.1. The van der Waals surface area contributed by atoms with Gasteiger partial charge in [-0.25, -0.2) is 9.79 Å². The molecule has 78 valence electrons. The molecule has 4 heteroatoms. The molecule has 0 aromatic carbocycles. The first-order valence-corrected chi connectivity index (χ1v) is 4.89. The maximum atomic E-state index is 11.3. The number of ether oxygens (including phenoxy) is 2. The van der Waals surface area contributed by atoms with E-state index in [0.29, 0.717) is 0 Å². The van der Waals surface area contributed by atoms with E-state index in [0.717, 1.165) is 18.7 Å². The van der Waals surface area contributed by atoms with Gasteiger partial charge >= 0.3 is 5.97 Å². The Morgan fingerprint density at radius 3 is 2.79 bits per heavy atom. The van der Waals surface area contributed by atoms with Crippen molar-refractivity contribution >= 4 is 11.9 Å². The summed E-state index contributed by atoms with van der Waals surface area (Å²) in [6, 6.07) is -0.465. The molecular formula is C10H15NO3. The summed E-state index contributed by atoms with van der Waals surface area (Å²) in [4.78, 5) is 15.6. The summed E-state index contributed by atoms with van der Waals surface area (Å²) in [6.45, 7) is 3.96. The van der Waals surface area contributed by atoms with Crippen LogP contribution in [0.3, 0.4) is 0 Å². The van der Waals surface area contributed by atoms with Crippen molar-refractivity contribution < 1.29 is 14.3 Å². The van der Waals surface area contributed by atoms with Gasteiger partial charge in [0.25, 0.3) is 0 Å². The molecule has 0 N–H and O–H groups in total. The highest BCUT2D eigenvalue weighted by Gasteiger charge is 2.49. The van der Waals surface area contributed by atoms with E-state index in [2.05, 4.69) is 16.7 Å². The maximum Gasteiger partial charge on any atom is 0.334 e. The quantitative estimate of drug-likeness (QED) is 0.624. The number of methoxy groups -OCH3 is 1. The van der Waals surface area contributed by atoms with Gasteiger partial charge in [0, 0.05) is 5.41 Å². The van der Waals surface area contributed by atoms with Crippen LogP contribution in [0.2, 0.25) is 0 Å². The standard InChI is InChI=1S/C10H15NO3/c1-6-7(8(12)13-3)11-9(14-6)10(2)4-5-10/h6-7H,4-5H2,1-3H3/t6-,7-/m0/s1. The zero-order chi connectivity index (χ0) is 10.3. The molecule has 14 heavy (non-hydrogen) atoms. The van der Waals surface area contributed by atoms with Crippen molar-refractivity contribution in [2.24, 2.45) is 10.4 Å². The molecule has 2 rings (SSSR count). The van der Waals surface area contributed by atoms with Crippen molar-refractivity contribution in [3.8, 4) is 0 Å². The zero-order valence-corrected chi connectivity index (χ0v) is 8.74. The first kappa shape index (κ1) is 9.49. The molecule has 2 atom stereocenters. The van der Waals surface area contributed by atoms with Gasteiger partial charge in [0.1, 0.15) is 6.10 Å². The summed E-state index contributed by atoms with van der Waals surface area (Å²) >= 11 is 0. The van der Waals surface area contributed by atoms with Gasteiger partial charge in [0.2, 0.25) is 0 Å². The molecule has 0 aromatic rings. The number of carbonyl (C=O) groups is 1. The number of hydrogen-bond donors (Lipinski definition) is 0. The van der Waals surface area contributed by atoms with Crippen LogP contribution < -0.4 is 0 Å². The molecule has 0 radical (unpaired) electrons. The lowest BCUT2D eigenvalue weighted by Crippen LogP contribution is -2.28. The van der Waals surface area contributed by atoms with Crippen LogP contribution in [0.15, 0.2) is 4.99 Å². The minimum absolute atomic E-state index is 0.0943. The Morgan fingerprint density at radius 1 is 1.64 bits per heavy atom. The molecule has 1 aliphatic heterocycles. The topological polar surface area (TPSA) is 47.9 Å². The minimum atomic E-state index is -0.465. The third-order valence-corrected chi connectivity index (χ3v) is 2.96. The van der Waals surface area contributed by atoms with Crippen LogP contribution >= 0.6 is 0 Å². The normalized spacial score (nSPS) is 33.2. The first-order valence-electron chi connectivity index (χ1n) is 4.89. The zero-order valence-electron chi connectivity index (χ0n) is 8.74. The average Bonchev–Trinajstić information content (AvgIpc) is 2.78. The number of carbonyl (C=O) groups excluding carboxylic acids is 1. The fourth-order valence-corrected chi connectivity index (χ4v) is 1.57. The number of esters is 1. The second kappa shape index (κ2) is 2.97. The third-order valence-electron chi connectivity index (χ3n) is 2.96. The van der Waals surface area contributed by atoms with Crippen LogP contribution in [0.1, 0.15) is 26.7 Å². The van der Waals surface area contributed by atoms with E-state index in [-0.39, 0.29) is 17.5 Å². The molecule has 1 fully saturated rings. The van der Waals surface area contributed by atoms with Crippen molar-refractivity contribution in [2.45, 2.75) is 38.8 Å². The van der Waals surface area contributed by atoms with Gasteiger partial charge in [-0.1, -0.05) is 6.92 Å². The molecule has 0 aromatic heterocycles. The van der Waals surface area contributed by atoms with Gasteiger partial charge in [0.05, 0.1) is 7.11 Å². The highest BCUT2D eigenvalue weighted by atomic mass is 16.5. The maximum absolute atomic E-state index is 11.3. The molecule has 1 aliphatic carbocycles. The van der Waals surface area contributed by atoms with Crippen molar-refractivity contribution in [3.63, 3.8) is 0 Å². The van der Waals surface area contributed by atoms with Crippen LogP contribution in [0, 0.1) is 5.41 Å². The van der Waals surface area contributed by atoms with Gasteiger partial charge in [-0.2, -0.15) is 0 Å². The Kier molecular flexibility index (Phi) is 2.01. The van der Waals surface area contributed by atoms with Crippen LogP contribution in [0.5, 0.6) is 0 Å². The van der Waals surface area contributed by atoms with Crippen molar-refractivity contribution in [1.29, 1.82) is 0 Å². The Morgan fingerprint density at radius 2 is 2.29 bits per heavy atom. The summed E-state index contributed by atoms with van der Waals surface area (Å²) in [5.41, 5.74) is 0.0943. The fraction of sp³-hybridized carbons (Fsp3) is 0.800. The molecule has 0 saturated heterocycles. The molecule has 0 amide bonds. The average molecular weight is 197 g/mol. The molecule has 0 unspecified atom stereocenters. The van der Waals surface area contributed by atoms with Crippen molar-refractivity contribution in [3.05, 3.63) is 0 Å². The Labute approximate surface area is 83.3 Å². The Bertz CT molecular complexity index is 294. The van der Waals surface area contributed by atoms with Gasteiger partial charge in [-0.15, -0.1) is 0 Å². The second-order valence-corrected chi connectivity index (χ2v) is 4.29. The fourth-order valence-electron chi connectivity index (χ4n) is 1.57. The molecule has 1 heterocycles. The summed E-state index contributed by atoms with van der Waals surface area (Å²) in [5.74, 6) is 0.428. The monoisotopic (exact) mass is 197 g/mol. The van der Waals surface area contributed by atoms with Crippen LogP contribution in [0.4, 0.5) is 0 Å². The van der Waals surface area contributed by atoms with E-state index in [1.54, 1.807) is 0 Å². The molecular weight excluding hydrogens is 182 g/mol. The predicted molar refractivity (Wildman–Crippen MR) is 51.1 cm³/mol. The SMILES string of the molecule is COC(=O)[C@H]1N=C(C2(C)CC2)O[C@H]1C. The van der Waals surface area contributed by atoms with Crippen LogP contribution in [-0.2, 0) is 14.3 Å². The predicted octanol–water partition coefficient (Wildman–Crippen LogP) is 1.15. The first-order chi connectivity index (χ1) is 6.57. The van der Waals surface area contributed by atoms with Crippen LogP contribution in [0.25, 0.3) is 0 Å². The van der Waals surface area contributed by atoms with E-state index in [1.165, 1.54) is 7.11 Å².